The van der Waals surface area contributed by atoms with Gasteiger partial charge in [-0.15, -0.1) is 0 Å². The first-order valence-electron chi connectivity index (χ1n) is 7.80. The molecular weight excluding hydrogens is 222 g/mol. The molecule has 1 rings (SSSR count). The van der Waals surface area contributed by atoms with Crippen molar-refractivity contribution in [3.05, 3.63) is 0 Å². The summed E-state index contributed by atoms with van der Waals surface area (Å²) >= 11 is 0. The van der Waals surface area contributed by atoms with E-state index in [1.165, 1.54) is 58.3 Å². The molecule has 0 aromatic rings. The summed E-state index contributed by atoms with van der Waals surface area (Å²) in [4.78, 5) is 4.88. The zero-order valence-corrected chi connectivity index (χ0v) is 12.7. The van der Waals surface area contributed by atoms with Gasteiger partial charge in [0.1, 0.15) is 0 Å². The predicted octanol–water partition coefficient (Wildman–Crippen LogP) is 2.04. The minimum atomic E-state index is 1.01. The lowest BCUT2D eigenvalue weighted by Gasteiger charge is -2.31. The lowest BCUT2D eigenvalue weighted by Crippen LogP contribution is -2.38. The summed E-state index contributed by atoms with van der Waals surface area (Å²) in [6.45, 7) is 9.70. The van der Waals surface area contributed by atoms with Crippen molar-refractivity contribution in [2.75, 3.05) is 53.4 Å². The van der Waals surface area contributed by atoms with Crippen LogP contribution in [0.25, 0.3) is 0 Å². The van der Waals surface area contributed by atoms with Crippen molar-refractivity contribution in [2.45, 2.75) is 39.0 Å². The largest absolute Gasteiger partial charge is 0.315 e. The number of hydrogen-bond acceptors (Lipinski definition) is 3. The topological polar surface area (TPSA) is 18.5 Å². The van der Waals surface area contributed by atoms with Crippen LogP contribution in [0, 0.1) is 5.92 Å². The number of piperidine rings is 1. The van der Waals surface area contributed by atoms with Crippen molar-refractivity contribution in [2.24, 2.45) is 5.92 Å². The highest BCUT2D eigenvalue weighted by atomic mass is 15.1. The Balaban J connectivity index is 1.91. The van der Waals surface area contributed by atoms with Gasteiger partial charge in [0.05, 0.1) is 0 Å². The minimum Gasteiger partial charge on any atom is -0.315 e. The second-order valence-corrected chi connectivity index (χ2v) is 5.98. The van der Waals surface area contributed by atoms with E-state index >= 15 is 0 Å². The van der Waals surface area contributed by atoms with E-state index in [4.69, 9.17) is 0 Å². The molecule has 0 radical (unpaired) electrons. The van der Waals surface area contributed by atoms with Crippen LogP contribution in [0.2, 0.25) is 0 Å². The molecule has 0 aromatic carbocycles. The predicted molar refractivity (Wildman–Crippen MR) is 80.1 cm³/mol. The number of nitrogens with zero attached hydrogens (tertiary/aromatic N) is 2. The Hall–Kier alpha value is -0.120. The van der Waals surface area contributed by atoms with Crippen LogP contribution in [-0.4, -0.2) is 63.2 Å². The molecule has 3 nitrogen and oxygen atoms in total. The van der Waals surface area contributed by atoms with Gasteiger partial charge in [0.15, 0.2) is 0 Å². The molecule has 0 aliphatic carbocycles. The number of rotatable bonds is 9. The third kappa shape index (κ3) is 7.34. The lowest BCUT2D eigenvalue weighted by atomic mass is 9.92. The van der Waals surface area contributed by atoms with Gasteiger partial charge in [-0.25, -0.2) is 0 Å². The first kappa shape index (κ1) is 15.9. The quantitative estimate of drug-likeness (QED) is 0.636. The molecule has 0 aromatic heterocycles. The summed E-state index contributed by atoms with van der Waals surface area (Å²) in [7, 11) is 4.28. The van der Waals surface area contributed by atoms with Crippen molar-refractivity contribution in [3.8, 4) is 0 Å². The first-order chi connectivity index (χ1) is 8.72. The smallest absolute Gasteiger partial charge is 0.0107 e. The Morgan fingerprint density at radius 1 is 1.17 bits per heavy atom. The molecule has 0 amide bonds. The molecule has 1 aliphatic heterocycles. The zero-order valence-electron chi connectivity index (χ0n) is 12.7. The third-order valence-corrected chi connectivity index (χ3v) is 3.97. The second-order valence-electron chi connectivity index (χ2n) is 5.98. The van der Waals surface area contributed by atoms with E-state index in [0.29, 0.717) is 0 Å². The maximum Gasteiger partial charge on any atom is 0.0107 e. The van der Waals surface area contributed by atoms with Crippen LogP contribution in [0.15, 0.2) is 0 Å². The van der Waals surface area contributed by atoms with Crippen LogP contribution in [-0.2, 0) is 0 Å². The van der Waals surface area contributed by atoms with Crippen LogP contribution in [0.4, 0.5) is 0 Å². The minimum absolute atomic E-state index is 1.01. The molecule has 1 fully saturated rings. The van der Waals surface area contributed by atoms with Crippen molar-refractivity contribution in [1.29, 1.82) is 0 Å². The maximum atomic E-state index is 3.56. The normalized spacial score (nSPS) is 18.7. The van der Waals surface area contributed by atoms with Gasteiger partial charge in [-0.05, 0) is 65.5 Å². The fourth-order valence-corrected chi connectivity index (χ4v) is 2.79. The fraction of sp³-hybridized carbons (Fsp3) is 1.00. The molecule has 0 spiro atoms. The SMILES string of the molecule is CCCC1CCN(CCNCCCN(C)C)CC1. The van der Waals surface area contributed by atoms with Crippen LogP contribution in [0.3, 0.4) is 0 Å². The molecule has 0 unspecified atom stereocenters. The number of likely N-dealkylation sites (tertiary alicyclic amines) is 1. The first-order valence-corrected chi connectivity index (χ1v) is 7.80. The van der Waals surface area contributed by atoms with Gasteiger partial charge in [0.2, 0.25) is 0 Å². The van der Waals surface area contributed by atoms with Gasteiger partial charge in [-0.1, -0.05) is 19.8 Å². The van der Waals surface area contributed by atoms with E-state index in [1.807, 2.05) is 0 Å². The van der Waals surface area contributed by atoms with Crippen molar-refractivity contribution in [1.82, 2.24) is 15.1 Å². The summed E-state index contributed by atoms with van der Waals surface area (Å²) < 4.78 is 0. The number of nitrogens with one attached hydrogen (secondary N) is 1. The Morgan fingerprint density at radius 3 is 2.50 bits per heavy atom. The van der Waals surface area contributed by atoms with Gasteiger partial charge >= 0.3 is 0 Å². The third-order valence-electron chi connectivity index (χ3n) is 3.97. The van der Waals surface area contributed by atoms with E-state index in [9.17, 15) is 0 Å². The molecule has 1 N–H and O–H groups in total. The summed E-state index contributed by atoms with van der Waals surface area (Å²) in [6, 6.07) is 0. The van der Waals surface area contributed by atoms with E-state index in [-0.39, 0.29) is 0 Å². The monoisotopic (exact) mass is 255 g/mol. The van der Waals surface area contributed by atoms with Crippen LogP contribution >= 0.6 is 0 Å². The molecule has 18 heavy (non-hydrogen) atoms. The van der Waals surface area contributed by atoms with Crippen molar-refractivity contribution in [3.63, 3.8) is 0 Å². The average Bonchev–Trinajstić information content (AvgIpc) is 2.35. The highest BCUT2D eigenvalue weighted by Crippen LogP contribution is 2.21. The van der Waals surface area contributed by atoms with E-state index in [0.717, 1.165) is 19.0 Å². The molecular formula is C15H33N3. The summed E-state index contributed by atoms with van der Waals surface area (Å²) in [5.74, 6) is 1.01. The highest BCUT2D eigenvalue weighted by Gasteiger charge is 2.17. The second kappa shape index (κ2) is 9.76. The van der Waals surface area contributed by atoms with Gasteiger partial charge in [-0.3, -0.25) is 0 Å². The van der Waals surface area contributed by atoms with Gasteiger partial charge < -0.3 is 15.1 Å². The highest BCUT2D eigenvalue weighted by molar-refractivity contribution is 4.72. The van der Waals surface area contributed by atoms with Crippen molar-refractivity contribution < 1.29 is 0 Å². The Bertz CT molecular complexity index is 186. The number of hydrogen-bond donors (Lipinski definition) is 1. The van der Waals surface area contributed by atoms with Gasteiger partial charge in [0, 0.05) is 13.1 Å². The lowest BCUT2D eigenvalue weighted by molar-refractivity contribution is 0.179. The molecule has 3 heteroatoms. The van der Waals surface area contributed by atoms with Crippen LogP contribution in [0.5, 0.6) is 0 Å². The fourth-order valence-electron chi connectivity index (χ4n) is 2.79. The summed E-state index contributed by atoms with van der Waals surface area (Å²) in [6.07, 6.45) is 6.91. The van der Waals surface area contributed by atoms with Gasteiger partial charge in [-0.2, -0.15) is 0 Å². The average molecular weight is 255 g/mol. The van der Waals surface area contributed by atoms with E-state index in [1.54, 1.807) is 0 Å². The molecule has 1 aliphatic rings. The molecule has 108 valence electrons. The maximum absolute atomic E-state index is 3.56. The van der Waals surface area contributed by atoms with Gasteiger partial charge in [0.25, 0.3) is 0 Å². The Kier molecular flexibility index (Phi) is 8.64. The molecule has 0 atom stereocenters. The van der Waals surface area contributed by atoms with E-state index in [2.05, 4.69) is 36.1 Å². The Morgan fingerprint density at radius 2 is 1.89 bits per heavy atom. The van der Waals surface area contributed by atoms with Crippen molar-refractivity contribution >= 4 is 0 Å². The zero-order chi connectivity index (χ0) is 13.2. The van der Waals surface area contributed by atoms with Crippen LogP contribution in [0.1, 0.15) is 39.0 Å². The summed E-state index contributed by atoms with van der Waals surface area (Å²) in [5.41, 5.74) is 0. The molecule has 1 saturated heterocycles. The Labute approximate surface area is 114 Å². The van der Waals surface area contributed by atoms with E-state index < -0.39 is 0 Å². The molecule has 1 heterocycles. The van der Waals surface area contributed by atoms with Crippen LogP contribution < -0.4 is 5.32 Å². The molecule has 0 saturated carbocycles. The summed E-state index contributed by atoms with van der Waals surface area (Å²) in [5, 5.41) is 3.56. The standard InChI is InChI=1S/C15H33N3/c1-4-6-15-7-12-18(13-8-15)14-10-16-9-5-11-17(2)3/h15-16H,4-14H2,1-3H3. The molecule has 0 bridgehead atoms.